The van der Waals surface area contributed by atoms with Crippen LogP contribution in [0.1, 0.15) is 23.1 Å². The van der Waals surface area contributed by atoms with Crippen molar-refractivity contribution in [2.75, 3.05) is 20.0 Å². The van der Waals surface area contributed by atoms with Crippen LogP contribution in [0.25, 0.3) is 0 Å². The maximum atomic E-state index is 14.2. The third-order valence-corrected chi connectivity index (χ3v) is 6.34. The number of hydrogen-bond donors (Lipinski definition) is 2. The molecule has 1 amide bonds. The van der Waals surface area contributed by atoms with Crippen LogP contribution in [0.15, 0.2) is 53.4 Å². The van der Waals surface area contributed by atoms with Gasteiger partial charge in [0.1, 0.15) is 18.5 Å². The number of carboxylic acid groups (broad SMARTS) is 1. The van der Waals surface area contributed by atoms with Crippen LogP contribution in [0, 0.1) is 0 Å². The maximum Gasteiger partial charge on any atom is 0.506 e. The van der Waals surface area contributed by atoms with Crippen molar-refractivity contribution in [2.45, 2.75) is 27.8 Å². The highest BCUT2D eigenvalue weighted by Gasteiger charge is 2.37. The molecule has 180 valence electrons. The summed E-state index contributed by atoms with van der Waals surface area (Å²) in [5.74, 6) is -1.50. The number of methoxy groups -OCH3 is 1. The molecule has 0 fully saturated rings. The molecule has 2 unspecified atom stereocenters. The highest BCUT2D eigenvalue weighted by molar-refractivity contribution is 7.90. The number of sulfone groups is 1. The molecule has 2 aromatic carbocycles. The van der Waals surface area contributed by atoms with Crippen molar-refractivity contribution in [1.29, 1.82) is 0 Å². The molecule has 2 N–H and O–H groups in total. The van der Waals surface area contributed by atoms with E-state index in [2.05, 4.69) is 5.32 Å². The topological polar surface area (TPSA) is 119 Å². The highest BCUT2D eigenvalue weighted by atomic mass is 35.5. The van der Waals surface area contributed by atoms with Crippen LogP contribution >= 0.6 is 23.2 Å². The first kappa shape index (κ1) is 26.7. The van der Waals surface area contributed by atoms with Crippen molar-refractivity contribution < 1.29 is 37.0 Å². The zero-order chi connectivity index (χ0) is 24.8. The summed E-state index contributed by atoms with van der Waals surface area (Å²) >= 11 is 11.2. The summed E-state index contributed by atoms with van der Waals surface area (Å²) in [7, 11) is -2.06. The Morgan fingerprint density at radius 2 is 1.61 bits per heavy atom. The van der Waals surface area contributed by atoms with Crippen LogP contribution in [0.4, 0.5) is 9.18 Å². The number of alkyl halides is 3. The fourth-order valence-corrected chi connectivity index (χ4v) is 4.03. The molecule has 33 heavy (non-hydrogen) atoms. The Balaban J connectivity index is 2.63. The van der Waals surface area contributed by atoms with Gasteiger partial charge in [-0.25, -0.2) is 17.6 Å². The molecule has 2 aromatic rings. The van der Waals surface area contributed by atoms with E-state index in [-0.39, 0.29) is 4.90 Å². The average molecular weight is 522 g/mol. The molecule has 0 saturated carbocycles. The second-order valence-electron chi connectivity index (χ2n) is 7.01. The van der Waals surface area contributed by atoms with Gasteiger partial charge in [0.05, 0.1) is 18.0 Å². The Labute approximate surface area is 200 Å². The number of hydrogen-bond acceptors (Lipinski definition) is 6. The molecule has 0 aliphatic carbocycles. The highest BCUT2D eigenvalue weighted by Crippen LogP contribution is 2.38. The number of ether oxygens (including phenoxy) is 2. The molecule has 0 radical (unpaired) electrons. The smallest absolute Gasteiger partial charge is 0.497 e. The predicted octanol–water partition coefficient (Wildman–Crippen LogP) is 3.88. The van der Waals surface area contributed by atoms with Crippen molar-refractivity contribution in [1.82, 2.24) is 5.32 Å². The van der Waals surface area contributed by atoms with Crippen LogP contribution in [0.3, 0.4) is 0 Å². The maximum absolute atomic E-state index is 14.2. The third-order valence-electron chi connectivity index (χ3n) is 4.82. The van der Waals surface area contributed by atoms with Crippen LogP contribution in [0.2, 0.25) is 0 Å². The summed E-state index contributed by atoms with van der Waals surface area (Å²) in [6.07, 6.45) is -1.90. The number of halogens is 3. The number of nitrogens with one attached hydrogen (secondary N) is 1. The SMILES string of the molecule is COc1ccc(C(OC(=O)O)C(c2ccc(S(C)(=O)=O)cc2)[C@@H](CF)NC(=O)C(Cl)Cl)cc1. The van der Waals surface area contributed by atoms with Gasteiger partial charge in [-0.15, -0.1) is 0 Å². The molecule has 8 nitrogen and oxygen atoms in total. The molecule has 0 aromatic heterocycles. The minimum absolute atomic E-state index is 0.00700. The minimum atomic E-state index is -3.52. The first-order valence-electron chi connectivity index (χ1n) is 9.46. The molecule has 0 bridgehead atoms. The Bertz CT molecular complexity index is 1060. The first-order valence-corrected chi connectivity index (χ1v) is 12.2. The molecule has 0 spiro atoms. The minimum Gasteiger partial charge on any atom is -0.497 e. The van der Waals surface area contributed by atoms with Crippen molar-refractivity contribution in [3.05, 3.63) is 59.7 Å². The van der Waals surface area contributed by atoms with Gasteiger partial charge in [0, 0.05) is 12.2 Å². The third kappa shape index (κ3) is 7.21. The number of rotatable bonds is 10. The van der Waals surface area contributed by atoms with Crippen LogP contribution < -0.4 is 10.1 Å². The summed E-state index contributed by atoms with van der Waals surface area (Å²) < 4.78 is 48.1. The Kier molecular flexibility index (Phi) is 9.33. The summed E-state index contributed by atoms with van der Waals surface area (Å²) in [5, 5.41) is 11.7. The lowest BCUT2D eigenvalue weighted by molar-refractivity contribution is -0.120. The summed E-state index contributed by atoms with van der Waals surface area (Å²) in [4.78, 5) is 22.1. The Morgan fingerprint density at radius 3 is 2.03 bits per heavy atom. The van der Waals surface area contributed by atoms with E-state index in [1.165, 1.54) is 43.5 Å². The second-order valence-corrected chi connectivity index (χ2v) is 10.1. The van der Waals surface area contributed by atoms with E-state index in [4.69, 9.17) is 32.7 Å². The van der Waals surface area contributed by atoms with Gasteiger partial charge in [0.25, 0.3) is 5.91 Å². The van der Waals surface area contributed by atoms with Crippen LogP contribution in [-0.4, -0.2) is 56.5 Å². The largest absolute Gasteiger partial charge is 0.506 e. The van der Waals surface area contributed by atoms with E-state index in [1.54, 1.807) is 12.1 Å². The molecule has 12 heteroatoms. The van der Waals surface area contributed by atoms with Crippen LogP contribution in [-0.2, 0) is 19.4 Å². The van der Waals surface area contributed by atoms with E-state index >= 15 is 0 Å². The zero-order valence-electron chi connectivity index (χ0n) is 17.6. The quantitative estimate of drug-likeness (QED) is 0.359. The number of amides is 1. The van der Waals surface area contributed by atoms with E-state index in [0.717, 1.165) is 6.26 Å². The van der Waals surface area contributed by atoms with Gasteiger partial charge < -0.3 is 19.9 Å². The van der Waals surface area contributed by atoms with Gasteiger partial charge in [0.15, 0.2) is 14.7 Å². The molecule has 2 rings (SSSR count). The summed E-state index contributed by atoms with van der Waals surface area (Å²) in [6, 6.07) is 10.3. The van der Waals surface area contributed by atoms with Crippen molar-refractivity contribution in [3.63, 3.8) is 0 Å². The molecule has 0 aliphatic heterocycles. The van der Waals surface area contributed by atoms with Gasteiger partial charge >= 0.3 is 6.16 Å². The van der Waals surface area contributed by atoms with Gasteiger partial charge in [-0.1, -0.05) is 47.5 Å². The van der Waals surface area contributed by atoms with E-state index in [0.29, 0.717) is 16.9 Å². The van der Waals surface area contributed by atoms with E-state index in [9.17, 15) is 27.5 Å². The Morgan fingerprint density at radius 1 is 1.06 bits per heavy atom. The molecule has 0 aliphatic rings. The second kappa shape index (κ2) is 11.5. The van der Waals surface area contributed by atoms with Gasteiger partial charge in [0.2, 0.25) is 0 Å². The van der Waals surface area contributed by atoms with Crippen molar-refractivity contribution in [3.8, 4) is 5.75 Å². The normalized spacial score (nSPS) is 14.2. The molecule has 3 atom stereocenters. The average Bonchev–Trinajstić information content (AvgIpc) is 2.77. The van der Waals surface area contributed by atoms with Crippen molar-refractivity contribution >= 4 is 45.1 Å². The van der Waals surface area contributed by atoms with E-state index < -0.39 is 51.5 Å². The molecule has 0 saturated heterocycles. The number of carbonyl (C=O) groups is 2. The van der Waals surface area contributed by atoms with Gasteiger partial charge in [-0.2, -0.15) is 0 Å². The predicted molar refractivity (Wildman–Crippen MR) is 121 cm³/mol. The van der Waals surface area contributed by atoms with Gasteiger partial charge in [-0.3, -0.25) is 4.79 Å². The monoisotopic (exact) mass is 521 g/mol. The standard InChI is InChI=1S/C21H22Cl2FNO7S/c1-31-14-7-3-13(4-8-14)18(32-21(27)28)17(16(11-24)25-20(26)19(22)23)12-5-9-15(10-6-12)33(2,29)30/h3-10,16-19H,11H2,1-2H3,(H,25,26)(H,27,28)/t16-,17?,18?/m1/s1. The lowest BCUT2D eigenvalue weighted by Gasteiger charge is -2.33. The molecular weight excluding hydrogens is 500 g/mol. The summed E-state index contributed by atoms with van der Waals surface area (Å²) in [5.41, 5.74) is 0.657. The first-order chi connectivity index (χ1) is 15.5. The molecular formula is C21H22Cl2FNO7S. The number of carbonyl (C=O) groups excluding carboxylic acids is 1. The Hall–Kier alpha value is -2.56. The number of benzene rings is 2. The van der Waals surface area contributed by atoms with Crippen molar-refractivity contribution in [2.24, 2.45) is 0 Å². The summed E-state index contributed by atoms with van der Waals surface area (Å²) in [6.45, 7) is -1.12. The molecule has 0 heterocycles. The zero-order valence-corrected chi connectivity index (χ0v) is 19.9. The van der Waals surface area contributed by atoms with E-state index in [1.807, 2.05) is 0 Å². The fourth-order valence-electron chi connectivity index (χ4n) is 3.28. The van der Waals surface area contributed by atoms with Crippen LogP contribution in [0.5, 0.6) is 5.75 Å². The fraction of sp³-hybridized carbons (Fsp3) is 0.333. The van der Waals surface area contributed by atoms with Gasteiger partial charge in [-0.05, 0) is 35.4 Å². The lowest BCUT2D eigenvalue weighted by Crippen LogP contribution is -2.45. The lowest BCUT2D eigenvalue weighted by atomic mass is 9.83.